The lowest BCUT2D eigenvalue weighted by molar-refractivity contribution is -0.123. The number of allylic oxidation sites excluding steroid dienone is 1. The molecule has 0 saturated carbocycles. The number of ether oxygens (including phenoxy) is 1. The van der Waals surface area contributed by atoms with E-state index in [1.165, 1.54) is 6.92 Å². The van der Waals surface area contributed by atoms with Crippen LogP contribution in [-0.4, -0.2) is 18.5 Å². The topological polar surface area (TPSA) is 26.3 Å². The highest BCUT2D eigenvalue weighted by atomic mass is 35.5. The lowest BCUT2D eigenvalue weighted by atomic mass is 10.0. The Labute approximate surface area is 81.7 Å². The number of ketones is 1. The van der Waals surface area contributed by atoms with Crippen LogP contribution in [-0.2, 0) is 9.53 Å². The highest BCUT2D eigenvalue weighted by molar-refractivity contribution is 6.29. The quantitative estimate of drug-likeness (QED) is 0.710. The summed E-state index contributed by atoms with van der Waals surface area (Å²) in [5.41, 5.74) is 0. The molecule has 0 aromatic carbocycles. The van der Waals surface area contributed by atoms with Gasteiger partial charge in [0, 0.05) is 12.8 Å². The fourth-order valence-corrected chi connectivity index (χ4v) is 1.48. The van der Waals surface area contributed by atoms with E-state index in [0.29, 0.717) is 19.3 Å². The average molecular weight is 207 g/mol. The summed E-state index contributed by atoms with van der Waals surface area (Å²) < 4.78 is 18.0. The maximum Gasteiger partial charge on any atom is 0.155 e. The molecule has 0 spiro atoms. The summed E-state index contributed by atoms with van der Waals surface area (Å²) in [6.45, 7) is 1.55. The van der Waals surface area contributed by atoms with Crippen molar-refractivity contribution in [1.29, 1.82) is 0 Å². The first-order valence-corrected chi connectivity index (χ1v) is 4.61. The van der Waals surface area contributed by atoms with E-state index in [-0.39, 0.29) is 29.4 Å². The standard InChI is InChI=1S/C9H12ClFO2/c1-6(12)5-13-7-2-3-9(11)8(10)4-7/h7H,2-5H2,1H3. The number of Topliss-reactive ketones (excluding diaryl/α,β-unsaturated/α-hetero) is 1. The van der Waals surface area contributed by atoms with E-state index >= 15 is 0 Å². The molecule has 0 aromatic rings. The number of carbonyl (C=O) groups is 1. The Balaban J connectivity index is 2.36. The van der Waals surface area contributed by atoms with Gasteiger partial charge in [-0.1, -0.05) is 11.6 Å². The van der Waals surface area contributed by atoms with Crippen molar-refractivity contribution in [2.24, 2.45) is 0 Å². The molecule has 1 rings (SSSR count). The predicted octanol–water partition coefficient (Wildman–Crippen LogP) is 2.56. The van der Waals surface area contributed by atoms with Crippen LogP contribution in [0, 0.1) is 0 Å². The fraction of sp³-hybridized carbons (Fsp3) is 0.667. The number of carbonyl (C=O) groups excluding carboxylic acids is 1. The molecule has 0 amide bonds. The molecule has 0 saturated heterocycles. The summed E-state index contributed by atoms with van der Waals surface area (Å²) >= 11 is 5.62. The molecule has 0 heterocycles. The Morgan fingerprint density at radius 3 is 3.00 bits per heavy atom. The van der Waals surface area contributed by atoms with Gasteiger partial charge in [0.25, 0.3) is 0 Å². The summed E-state index contributed by atoms with van der Waals surface area (Å²) in [6, 6.07) is 0. The SMILES string of the molecule is CC(=O)COC1CCC(F)=C(Cl)C1. The Morgan fingerprint density at radius 2 is 2.46 bits per heavy atom. The van der Waals surface area contributed by atoms with E-state index in [1.807, 2.05) is 0 Å². The minimum absolute atomic E-state index is 0.0221. The Hall–Kier alpha value is -0.410. The zero-order valence-electron chi connectivity index (χ0n) is 7.48. The van der Waals surface area contributed by atoms with Gasteiger partial charge < -0.3 is 4.74 Å². The van der Waals surface area contributed by atoms with Gasteiger partial charge in [-0.25, -0.2) is 4.39 Å². The first kappa shape index (κ1) is 10.7. The van der Waals surface area contributed by atoms with Crippen LogP contribution in [0.25, 0.3) is 0 Å². The maximum atomic E-state index is 12.8. The molecule has 0 N–H and O–H groups in total. The Morgan fingerprint density at radius 1 is 1.77 bits per heavy atom. The highest BCUT2D eigenvalue weighted by Crippen LogP contribution is 2.29. The summed E-state index contributed by atoms with van der Waals surface area (Å²) in [6.07, 6.45) is 1.22. The summed E-state index contributed by atoms with van der Waals surface area (Å²) in [7, 11) is 0. The lowest BCUT2D eigenvalue weighted by Gasteiger charge is -2.20. The molecule has 4 heteroatoms. The van der Waals surface area contributed by atoms with E-state index in [4.69, 9.17) is 16.3 Å². The van der Waals surface area contributed by atoms with E-state index < -0.39 is 0 Å². The van der Waals surface area contributed by atoms with Gasteiger partial charge in [-0.3, -0.25) is 4.79 Å². The fourth-order valence-electron chi connectivity index (χ4n) is 1.21. The van der Waals surface area contributed by atoms with Crippen LogP contribution in [0.1, 0.15) is 26.2 Å². The normalized spacial score (nSPS) is 23.5. The minimum atomic E-state index is -0.246. The second-order valence-corrected chi connectivity index (χ2v) is 3.64. The molecule has 0 radical (unpaired) electrons. The van der Waals surface area contributed by atoms with Crippen LogP contribution < -0.4 is 0 Å². The van der Waals surface area contributed by atoms with Gasteiger partial charge in [-0.15, -0.1) is 0 Å². The molecule has 13 heavy (non-hydrogen) atoms. The summed E-state index contributed by atoms with van der Waals surface area (Å²) in [5.74, 6) is -0.268. The largest absolute Gasteiger partial charge is 0.370 e. The Bertz CT molecular complexity index is 238. The van der Waals surface area contributed by atoms with Gasteiger partial charge in [0.2, 0.25) is 0 Å². The molecule has 2 nitrogen and oxygen atoms in total. The van der Waals surface area contributed by atoms with Crippen molar-refractivity contribution in [3.8, 4) is 0 Å². The zero-order chi connectivity index (χ0) is 9.84. The van der Waals surface area contributed by atoms with Gasteiger partial charge in [-0.2, -0.15) is 0 Å². The molecule has 0 aliphatic heterocycles. The van der Waals surface area contributed by atoms with Crippen LogP contribution in [0.15, 0.2) is 10.9 Å². The molecule has 74 valence electrons. The van der Waals surface area contributed by atoms with Gasteiger partial charge in [0.1, 0.15) is 12.4 Å². The van der Waals surface area contributed by atoms with Crippen molar-refractivity contribution >= 4 is 17.4 Å². The van der Waals surface area contributed by atoms with Crippen LogP contribution >= 0.6 is 11.6 Å². The van der Waals surface area contributed by atoms with Gasteiger partial charge in [0.15, 0.2) is 5.78 Å². The molecule has 1 aliphatic rings. The molecular weight excluding hydrogens is 195 g/mol. The molecule has 1 aliphatic carbocycles. The number of rotatable bonds is 3. The third-order valence-electron chi connectivity index (χ3n) is 1.91. The van der Waals surface area contributed by atoms with Crippen LogP contribution in [0.3, 0.4) is 0 Å². The third kappa shape index (κ3) is 3.44. The molecular formula is C9H12ClFO2. The van der Waals surface area contributed by atoms with Crippen LogP contribution in [0.4, 0.5) is 4.39 Å². The number of hydrogen-bond acceptors (Lipinski definition) is 2. The summed E-state index contributed by atoms with van der Waals surface area (Å²) in [4.78, 5) is 10.6. The minimum Gasteiger partial charge on any atom is -0.370 e. The van der Waals surface area contributed by atoms with Crippen molar-refractivity contribution in [3.05, 3.63) is 10.9 Å². The monoisotopic (exact) mass is 206 g/mol. The van der Waals surface area contributed by atoms with Crippen LogP contribution in [0.2, 0.25) is 0 Å². The Kier molecular flexibility index (Phi) is 3.88. The first-order valence-electron chi connectivity index (χ1n) is 4.23. The van der Waals surface area contributed by atoms with E-state index in [2.05, 4.69) is 0 Å². The van der Waals surface area contributed by atoms with Crippen LogP contribution in [0.5, 0.6) is 0 Å². The van der Waals surface area contributed by atoms with Crippen molar-refractivity contribution in [2.75, 3.05) is 6.61 Å². The van der Waals surface area contributed by atoms with Gasteiger partial charge in [0.05, 0.1) is 11.1 Å². The first-order chi connectivity index (χ1) is 6.09. The van der Waals surface area contributed by atoms with Crippen molar-refractivity contribution in [3.63, 3.8) is 0 Å². The van der Waals surface area contributed by atoms with Crippen molar-refractivity contribution in [2.45, 2.75) is 32.3 Å². The zero-order valence-corrected chi connectivity index (χ0v) is 8.23. The van der Waals surface area contributed by atoms with E-state index in [1.54, 1.807) is 0 Å². The van der Waals surface area contributed by atoms with E-state index in [9.17, 15) is 9.18 Å². The molecule has 0 bridgehead atoms. The van der Waals surface area contributed by atoms with Gasteiger partial charge >= 0.3 is 0 Å². The second-order valence-electron chi connectivity index (χ2n) is 3.19. The van der Waals surface area contributed by atoms with Gasteiger partial charge in [-0.05, 0) is 13.3 Å². The maximum absolute atomic E-state index is 12.8. The smallest absolute Gasteiger partial charge is 0.155 e. The van der Waals surface area contributed by atoms with Crippen molar-refractivity contribution in [1.82, 2.24) is 0 Å². The average Bonchev–Trinajstić information content (AvgIpc) is 2.07. The number of hydrogen-bond donors (Lipinski definition) is 0. The van der Waals surface area contributed by atoms with E-state index in [0.717, 1.165) is 0 Å². The third-order valence-corrected chi connectivity index (χ3v) is 2.27. The predicted molar refractivity (Wildman–Crippen MR) is 48.3 cm³/mol. The lowest BCUT2D eigenvalue weighted by Crippen LogP contribution is -2.20. The second kappa shape index (κ2) is 4.72. The summed E-state index contributed by atoms with van der Waals surface area (Å²) in [5, 5.41) is 0.236. The molecule has 0 aromatic heterocycles. The number of halogens is 2. The highest BCUT2D eigenvalue weighted by Gasteiger charge is 2.20. The van der Waals surface area contributed by atoms with Crippen molar-refractivity contribution < 1.29 is 13.9 Å². The molecule has 0 fully saturated rings. The molecule has 1 atom stereocenters. The molecule has 1 unspecified atom stereocenters.